The van der Waals surface area contributed by atoms with Crippen LogP contribution < -0.4 is 24.8 Å². The number of ether oxygens (including phenoxy) is 3. The predicted octanol–water partition coefficient (Wildman–Crippen LogP) is 3.77. The van der Waals surface area contributed by atoms with E-state index in [0.29, 0.717) is 19.1 Å². The molecule has 0 aliphatic heterocycles. The molecule has 1 fully saturated rings. The van der Waals surface area contributed by atoms with E-state index in [4.69, 9.17) is 9.47 Å². The van der Waals surface area contributed by atoms with Gasteiger partial charge in [0.15, 0.2) is 11.5 Å². The van der Waals surface area contributed by atoms with Crippen LogP contribution in [-0.2, 0) is 0 Å². The van der Waals surface area contributed by atoms with Crippen LogP contribution in [0.2, 0.25) is 0 Å². The first-order chi connectivity index (χ1) is 13.0. The molecular weight excluding hydrogens is 394 g/mol. The monoisotopic (exact) mass is 422 g/mol. The molecule has 0 saturated heterocycles. The Labute approximate surface area is 170 Å². The molecule has 1 aliphatic rings. The van der Waals surface area contributed by atoms with Gasteiger partial charge in [0.05, 0.1) is 14.2 Å². The van der Waals surface area contributed by atoms with E-state index >= 15 is 0 Å². The lowest BCUT2D eigenvalue weighted by molar-refractivity contribution is -0.0526. The van der Waals surface area contributed by atoms with Crippen molar-refractivity contribution in [3.05, 3.63) is 17.7 Å². The lowest BCUT2D eigenvalue weighted by atomic mass is 10.1. The Morgan fingerprint density at radius 2 is 1.64 bits per heavy atom. The topological polar surface area (TPSA) is 68.8 Å². The maximum Gasteiger partial charge on any atom is 0.387 e. The third-order valence-corrected chi connectivity index (χ3v) is 4.63. The quantitative estimate of drug-likeness (QED) is 0.468. The van der Waals surface area contributed by atoms with Gasteiger partial charge in [-0.15, -0.1) is 12.4 Å². The zero-order valence-corrected chi connectivity index (χ0v) is 17.1. The summed E-state index contributed by atoms with van der Waals surface area (Å²) in [4.78, 5) is 12.4. The first-order valence-electron chi connectivity index (χ1n) is 9.27. The van der Waals surface area contributed by atoms with Crippen LogP contribution in [0.15, 0.2) is 12.1 Å². The summed E-state index contributed by atoms with van der Waals surface area (Å²) in [5, 5.41) is 6.29. The van der Waals surface area contributed by atoms with E-state index in [9.17, 15) is 13.6 Å². The normalized spacial score (nSPS) is 14.8. The summed E-state index contributed by atoms with van der Waals surface area (Å²) in [5.41, 5.74) is 0.250. The van der Waals surface area contributed by atoms with E-state index in [1.54, 1.807) is 0 Å². The Hall–Kier alpha value is -1.80. The van der Waals surface area contributed by atoms with Gasteiger partial charge < -0.3 is 24.8 Å². The molecule has 1 saturated carbocycles. The molecule has 0 heterocycles. The van der Waals surface area contributed by atoms with Crippen molar-refractivity contribution in [3.63, 3.8) is 0 Å². The largest absolute Gasteiger partial charge is 0.493 e. The van der Waals surface area contributed by atoms with Gasteiger partial charge in [-0.3, -0.25) is 4.79 Å². The van der Waals surface area contributed by atoms with Gasteiger partial charge in [-0.25, -0.2) is 0 Å². The Bertz CT molecular complexity index is 587. The average Bonchev–Trinajstić information content (AvgIpc) is 2.93. The second kappa shape index (κ2) is 12.6. The van der Waals surface area contributed by atoms with Crippen molar-refractivity contribution in [2.75, 3.05) is 27.3 Å². The second-order valence-corrected chi connectivity index (χ2v) is 6.49. The van der Waals surface area contributed by atoms with Crippen LogP contribution in [0.3, 0.4) is 0 Å². The number of methoxy groups -OCH3 is 2. The van der Waals surface area contributed by atoms with Crippen molar-refractivity contribution in [1.29, 1.82) is 0 Å². The standard InChI is InChI=1S/C19H28F2N2O4.ClH/c1-25-15-11-13(12-16(26-2)17(15)27-19(20)21)18(24)23-10-9-22-14-7-5-3-4-6-8-14;/h11-12,14,19,22H,3-10H2,1-2H3,(H,23,24);1H. The molecule has 6 nitrogen and oxygen atoms in total. The van der Waals surface area contributed by atoms with Crippen LogP contribution in [0.4, 0.5) is 8.78 Å². The molecule has 0 bridgehead atoms. The van der Waals surface area contributed by atoms with Crippen molar-refractivity contribution in [1.82, 2.24) is 10.6 Å². The van der Waals surface area contributed by atoms with E-state index in [1.165, 1.54) is 64.9 Å². The fourth-order valence-electron chi connectivity index (χ4n) is 3.25. The van der Waals surface area contributed by atoms with Crippen LogP contribution in [0.1, 0.15) is 48.9 Å². The first kappa shape index (κ1) is 24.2. The maximum atomic E-state index is 12.6. The van der Waals surface area contributed by atoms with Crippen molar-refractivity contribution in [3.8, 4) is 17.2 Å². The molecule has 9 heteroatoms. The highest BCUT2D eigenvalue weighted by Gasteiger charge is 2.20. The lowest BCUT2D eigenvalue weighted by Crippen LogP contribution is -2.36. The van der Waals surface area contributed by atoms with Crippen LogP contribution in [-0.4, -0.2) is 45.9 Å². The van der Waals surface area contributed by atoms with Crippen LogP contribution in [0, 0.1) is 0 Å². The molecule has 1 aliphatic carbocycles. The molecular formula is C19H29ClF2N2O4. The summed E-state index contributed by atoms with van der Waals surface area (Å²) in [6.07, 6.45) is 7.43. The molecule has 1 aromatic rings. The fourth-order valence-corrected chi connectivity index (χ4v) is 3.25. The lowest BCUT2D eigenvalue weighted by Gasteiger charge is -2.17. The molecule has 0 aromatic heterocycles. The van der Waals surface area contributed by atoms with Crippen LogP contribution in [0.5, 0.6) is 17.2 Å². The average molecular weight is 423 g/mol. The Morgan fingerprint density at radius 1 is 1.07 bits per heavy atom. The summed E-state index contributed by atoms with van der Waals surface area (Å²) in [5.74, 6) is -0.549. The number of hydrogen-bond donors (Lipinski definition) is 2. The maximum absolute atomic E-state index is 12.6. The van der Waals surface area contributed by atoms with Gasteiger partial charge in [-0.2, -0.15) is 8.78 Å². The summed E-state index contributed by atoms with van der Waals surface area (Å²) >= 11 is 0. The minimum Gasteiger partial charge on any atom is -0.493 e. The van der Waals surface area contributed by atoms with Crippen molar-refractivity contribution >= 4 is 18.3 Å². The fraction of sp³-hybridized carbons (Fsp3) is 0.632. The summed E-state index contributed by atoms with van der Waals surface area (Å²) in [7, 11) is 2.62. The zero-order chi connectivity index (χ0) is 19.6. The third kappa shape index (κ3) is 7.31. The molecule has 0 unspecified atom stereocenters. The first-order valence-corrected chi connectivity index (χ1v) is 9.27. The summed E-state index contributed by atoms with van der Waals surface area (Å²) in [6, 6.07) is 3.22. The minimum absolute atomic E-state index is 0. The highest BCUT2D eigenvalue weighted by molar-refractivity contribution is 5.95. The van der Waals surface area contributed by atoms with Crippen molar-refractivity contribution in [2.24, 2.45) is 0 Å². The second-order valence-electron chi connectivity index (χ2n) is 6.49. The van der Waals surface area contributed by atoms with Gasteiger partial charge in [0.2, 0.25) is 5.75 Å². The highest BCUT2D eigenvalue weighted by atomic mass is 35.5. The van der Waals surface area contributed by atoms with E-state index in [-0.39, 0.29) is 41.1 Å². The Kier molecular flexibility index (Phi) is 10.9. The molecule has 0 atom stereocenters. The smallest absolute Gasteiger partial charge is 0.387 e. The molecule has 0 spiro atoms. The molecule has 2 rings (SSSR count). The van der Waals surface area contributed by atoms with E-state index in [0.717, 1.165) is 0 Å². The molecule has 1 amide bonds. The number of halogens is 3. The number of rotatable bonds is 9. The van der Waals surface area contributed by atoms with Gasteiger partial charge in [-0.05, 0) is 25.0 Å². The number of hydrogen-bond acceptors (Lipinski definition) is 5. The summed E-state index contributed by atoms with van der Waals surface area (Å²) < 4.78 is 39.7. The predicted molar refractivity (Wildman–Crippen MR) is 105 cm³/mol. The molecule has 0 radical (unpaired) electrons. The Balaban J connectivity index is 0.00000392. The van der Waals surface area contributed by atoms with Gasteiger partial charge in [0.1, 0.15) is 0 Å². The van der Waals surface area contributed by atoms with E-state index in [2.05, 4.69) is 15.4 Å². The van der Waals surface area contributed by atoms with E-state index < -0.39 is 6.61 Å². The van der Waals surface area contributed by atoms with Crippen molar-refractivity contribution < 1.29 is 27.8 Å². The Morgan fingerprint density at radius 3 is 2.14 bits per heavy atom. The minimum atomic E-state index is -3.03. The number of amides is 1. The van der Waals surface area contributed by atoms with Crippen molar-refractivity contribution in [2.45, 2.75) is 51.2 Å². The highest BCUT2D eigenvalue weighted by Crippen LogP contribution is 2.39. The SMILES string of the molecule is COc1cc(C(=O)NCCNC2CCCCCC2)cc(OC)c1OC(F)F.Cl. The van der Waals surface area contributed by atoms with Gasteiger partial charge in [-0.1, -0.05) is 25.7 Å². The van der Waals surface area contributed by atoms with Crippen LogP contribution in [0.25, 0.3) is 0 Å². The molecule has 1 aromatic carbocycles. The number of alkyl halides is 2. The van der Waals surface area contributed by atoms with Gasteiger partial charge in [0.25, 0.3) is 5.91 Å². The number of benzene rings is 1. The third-order valence-electron chi connectivity index (χ3n) is 4.63. The van der Waals surface area contributed by atoms with E-state index in [1.807, 2.05) is 0 Å². The molecule has 2 N–H and O–H groups in total. The number of carbonyl (C=O) groups excluding carboxylic acids is 1. The molecule has 28 heavy (non-hydrogen) atoms. The zero-order valence-electron chi connectivity index (χ0n) is 16.3. The number of carbonyl (C=O) groups is 1. The van der Waals surface area contributed by atoms with Crippen LogP contribution >= 0.6 is 12.4 Å². The number of nitrogens with one attached hydrogen (secondary N) is 2. The summed E-state index contributed by atoms with van der Waals surface area (Å²) in [6.45, 7) is -1.88. The van der Waals surface area contributed by atoms with Gasteiger partial charge >= 0.3 is 6.61 Å². The van der Waals surface area contributed by atoms with Gasteiger partial charge in [0, 0.05) is 24.7 Å². The molecule has 160 valence electrons.